The first-order chi connectivity index (χ1) is 5.95. The molecule has 0 saturated heterocycles. The van der Waals surface area contributed by atoms with Crippen molar-refractivity contribution in [1.29, 1.82) is 0 Å². The van der Waals surface area contributed by atoms with Gasteiger partial charge in [0, 0.05) is 10.4 Å². The number of halogens is 2. The Bertz CT molecular complexity index is 419. The Morgan fingerprint density at radius 3 is 2.54 bits per heavy atom. The normalized spacial score (nSPS) is 11.6. The van der Waals surface area contributed by atoms with Crippen LogP contribution < -0.4 is 5.14 Å². The van der Waals surface area contributed by atoms with Gasteiger partial charge in [-0.05, 0) is 23.8 Å². The third-order valence-electron chi connectivity index (χ3n) is 1.49. The van der Waals surface area contributed by atoms with Gasteiger partial charge in [0.2, 0.25) is 10.0 Å². The van der Waals surface area contributed by atoms with Gasteiger partial charge >= 0.3 is 0 Å². The fourth-order valence-electron chi connectivity index (χ4n) is 0.830. The highest BCUT2D eigenvalue weighted by atomic mass is 79.9. The molecule has 0 unspecified atom stereocenters. The number of hydrogen-bond donors (Lipinski definition) is 1. The Balaban J connectivity index is 3.30. The van der Waals surface area contributed by atoms with Gasteiger partial charge in [0.15, 0.2) is 0 Å². The van der Waals surface area contributed by atoms with E-state index in [4.69, 9.17) is 16.7 Å². The quantitative estimate of drug-likeness (QED) is 0.843. The number of sulfonamides is 1. The first-order valence-electron chi connectivity index (χ1n) is 3.32. The minimum atomic E-state index is -3.63. The van der Waals surface area contributed by atoms with E-state index in [1.54, 1.807) is 0 Å². The molecule has 0 amide bonds. The van der Waals surface area contributed by atoms with E-state index in [-0.39, 0.29) is 4.90 Å². The second-order valence-corrected chi connectivity index (χ2v) is 4.96. The molecule has 0 bridgehead atoms. The number of rotatable bonds is 2. The second kappa shape index (κ2) is 3.96. The van der Waals surface area contributed by atoms with Crippen LogP contribution in [-0.2, 0) is 15.4 Å². The van der Waals surface area contributed by atoms with E-state index in [1.165, 1.54) is 18.2 Å². The molecule has 0 aliphatic rings. The monoisotopic (exact) mass is 283 g/mol. The Morgan fingerprint density at radius 1 is 1.46 bits per heavy atom. The number of alkyl halides is 1. The van der Waals surface area contributed by atoms with Crippen LogP contribution in [0.5, 0.6) is 0 Å². The van der Waals surface area contributed by atoms with E-state index in [9.17, 15) is 8.42 Å². The van der Waals surface area contributed by atoms with Gasteiger partial charge in [0.05, 0.1) is 4.90 Å². The molecule has 0 aliphatic carbocycles. The summed E-state index contributed by atoms with van der Waals surface area (Å²) in [7, 11) is -3.63. The molecule has 0 radical (unpaired) electrons. The van der Waals surface area contributed by atoms with Crippen molar-refractivity contribution >= 4 is 37.6 Å². The maximum atomic E-state index is 10.9. The molecule has 1 rings (SSSR count). The van der Waals surface area contributed by atoms with Crippen molar-refractivity contribution in [2.45, 2.75) is 10.2 Å². The minimum Gasteiger partial charge on any atom is -0.225 e. The van der Waals surface area contributed by atoms with Crippen LogP contribution in [0.1, 0.15) is 5.56 Å². The molecule has 13 heavy (non-hydrogen) atoms. The lowest BCUT2D eigenvalue weighted by atomic mass is 10.2. The summed E-state index contributed by atoms with van der Waals surface area (Å²) in [5.41, 5.74) is 0.702. The van der Waals surface area contributed by atoms with Crippen LogP contribution in [0.2, 0.25) is 5.02 Å². The molecule has 3 nitrogen and oxygen atoms in total. The van der Waals surface area contributed by atoms with E-state index in [1.807, 2.05) is 0 Å². The third-order valence-corrected chi connectivity index (χ3v) is 3.37. The summed E-state index contributed by atoms with van der Waals surface area (Å²) in [4.78, 5) is 0.0753. The molecule has 1 aromatic rings. The SMILES string of the molecule is NS(=O)(=O)c1ccc(Cl)c(CBr)c1. The molecule has 0 aromatic heterocycles. The maximum Gasteiger partial charge on any atom is 0.238 e. The topological polar surface area (TPSA) is 60.2 Å². The lowest BCUT2D eigenvalue weighted by Crippen LogP contribution is -2.12. The molecule has 0 aliphatic heterocycles. The zero-order chi connectivity index (χ0) is 10.1. The standard InChI is InChI=1S/C7H7BrClNO2S/c8-4-5-3-6(13(10,11)12)1-2-7(5)9/h1-3H,4H2,(H2,10,11,12). The lowest BCUT2D eigenvalue weighted by Gasteiger charge is -2.02. The van der Waals surface area contributed by atoms with Gasteiger partial charge in [-0.25, -0.2) is 13.6 Å². The molecule has 1 aromatic carbocycles. The van der Waals surface area contributed by atoms with Crippen molar-refractivity contribution < 1.29 is 8.42 Å². The van der Waals surface area contributed by atoms with Gasteiger partial charge < -0.3 is 0 Å². The van der Waals surface area contributed by atoms with E-state index >= 15 is 0 Å². The molecular formula is C7H7BrClNO2S. The Hall–Kier alpha value is -0.100. The van der Waals surface area contributed by atoms with Crippen molar-refractivity contribution in [1.82, 2.24) is 0 Å². The highest BCUT2D eigenvalue weighted by Crippen LogP contribution is 2.21. The van der Waals surface area contributed by atoms with E-state index < -0.39 is 10.0 Å². The van der Waals surface area contributed by atoms with Gasteiger partial charge in [-0.15, -0.1) is 0 Å². The molecular weight excluding hydrogens is 278 g/mol. The van der Waals surface area contributed by atoms with Gasteiger partial charge in [-0.2, -0.15) is 0 Å². The van der Waals surface area contributed by atoms with Gasteiger partial charge in [0.1, 0.15) is 0 Å². The van der Waals surface area contributed by atoms with Crippen LogP contribution in [-0.4, -0.2) is 8.42 Å². The molecule has 2 N–H and O–H groups in total. The van der Waals surface area contributed by atoms with Crippen LogP contribution >= 0.6 is 27.5 Å². The average Bonchev–Trinajstić information content (AvgIpc) is 2.03. The van der Waals surface area contributed by atoms with Crippen LogP contribution in [0.4, 0.5) is 0 Å². The highest BCUT2D eigenvalue weighted by molar-refractivity contribution is 9.08. The van der Waals surface area contributed by atoms with E-state index in [2.05, 4.69) is 15.9 Å². The smallest absolute Gasteiger partial charge is 0.225 e. The summed E-state index contributed by atoms with van der Waals surface area (Å²) in [6.45, 7) is 0. The summed E-state index contributed by atoms with van der Waals surface area (Å²) in [6.07, 6.45) is 0. The third kappa shape index (κ3) is 2.67. The van der Waals surface area contributed by atoms with Crippen molar-refractivity contribution in [3.8, 4) is 0 Å². The summed E-state index contributed by atoms with van der Waals surface area (Å²) in [5, 5.41) is 5.96. The molecule has 0 heterocycles. The minimum absolute atomic E-state index is 0.0753. The number of primary sulfonamides is 1. The van der Waals surface area contributed by atoms with Crippen LogP contribution in [0.3, 0.4) is 0 Å². The molecule has 0 atom stereocenters. The molecule has 72 valence electrons. The predicted molar refractivity (Wildman–Crippen MR) is 55.5 cm³/mol. The first-order valence-corrected chi connectivity index (χ1v) is 6.37. The average molecular weight is 285 g/mol. The van der Waals surface area contributed by atoms with E-state index in [0.717, 1.165) is 0 Å². The van der Waals surface area contributed by atoms with Crippen molar-refractivity contribution in [3.05, 3.63) is 28.8 Å². The number of nitrogens with two attached hydrogens (primary N) is 1. The summed E-state index contributed by atoms with van der Waals surface area (Å²) in [5.74, 6) is 0. The summed E-state index contributed by atoms with van der Waals surface area (Å²) in [6, 6.07) is 4.34. The molecule has 0 spiro atoms. The number of benzene rings is 1. The Labute approximate surface area is 90.1 Å². The van der Waals surface area contributed by atoms with E-state index in [0.29, 0.717) is 15.9 Å². The van der Waals surface area contributed by atoms with Gasteiger partial charge in [-0.1, -0.05) is 27.5 Å². The fourth-order valence-corrected chi connectivity index (χ4v) is 2.20. The first kappa shape index (κ1) is 11.0. The van der Waals surface area contributed by atoms with Crippen LogP contribution in [0, 0.1) is 0 Å². The molecule has 0 saturated carbocycles. The number of hydrogen-bond acceptors (Lipinski definition) is 2. The Morgan fingerprint density at radius 2 is 2.08 bits per heavy atom. The van der Waals surface area contributed by atoms with Gasteiger partial charge in [-0.3, -0.25) is 0 Å². The lowest BCUT2D eigenvalue weighted by molar-refractivity contribution is 0.597. The van der Waals surface area contributed by atoms with Gasteiger partial charge in [0.25, 0.3) is 0 Å². The second-order valence-electron chi connectivity index (χ2n) is 2.43. The summed E-state index contributed by atoms with van der Waals surface area (Å²) < 4.78 is 21.9. The van der Waals surface area contributed by atoms with Crippen molar-refractivity contribution in [3.63, 3.8) is 0 Å². The molecule has 0 fully saturated rings. The maximum absolute atomic E-state index is 10.9. The van der Waals surface area contributed by atoms with Crippen LogP contribution in [0.25, 0.3) is 0 Å². The highest BCUT2D eigenvalue weighted by Gasteiger charge is 2.09. The Kier molecular flexibility index (Phi) is 3.34. The van der Waals surface area contributed by atoms with Crippen molar-refractivity contribution in [2.24, 2.45) is 5.14 Å². The predicted octanol–water partition coefficient (Wildman–Crippen LogP) is 1.88. The molecule has 6 heteroatoms. The zero-order valence-electron chi connectivity index (χ0n) is 6.50. The van der Waals surface area contributed by atoms with Crippen LogP contribution in [0.15, 0.2) is 23.1 Å². The fraction of sp³-hybridized carbons (Fsp3) is 0.143. The van der Waals surface area contributed by atoms with Crippen molar-refractivity contribution in [2.75, 3.05) is 0 Å². The zero-order valence-corrected chi connectivity index (χ0v) is 9.66. The summed E-state index contributed by atoms with van der Waals surface area (Å²) >= 11 is 8.97. The largest absolute Gasteiger partial charge is 0.238 e.